The van der Waals surface area contributed by atoms with Crippen molar-refractivity contribution >= 4 is 27.3 Å². The first-order chi connectivity index (χ1) is 13.7. The minimum Gasteiger partial charge on any atom is -0.384 e. The molecule has 2 N–H and O–H groups in total. The molecule has 0 bridgehead atoms. The van der Waals surface area contributed by atoms with Crippen molar-refractivity contribution in [2.45, 2.75) is 49.5 Å². The fourth-order valence-electron chi connectivity index (χ4n) is 3.57. The monoisotopic (exact) mass is 421 g/mol. The Morgan fingerprint density at radius 2 is 1.79 bits per heavy atom. The summed E-state index contributed by atoms with van der Waals surface area (Å²) < 4.78 is 26.1. The summed E-state index contributed by atoms with van der Waals surface area (Å²) in [5.74, 6) is -0.197. The van der Waals surface area contributed by atoms with Crippen molar-refractivity contribution in [3.8, 4) is 6.07 Å². The number of nitrogens with zero attached hydrogens (tertiary/aromatic N) is 3. The second-order valence-corrected chi connectivity index (χ2v) is 9.69. The van der Waals surface area contributed by atoms with E-state index in [1.165, 1.54) is 20.2 Å². The van der Waals surface area contributed by atoms with E-state index in [0.717, 1.165) is 23.6 Å². The Labute approximate surface area is 173 Å². The van der Waals surface area contributed by atoms with Gasteiger partial charge >= 0.3 is 0 Å². The van der Waals surface area contributed by atoms with Crippen LogP contribution in [0.15, 0.2) is 23.1 Å². The van der Waals surface area contributed by atoms with E-state index in [9.17, 15) is 18.5 Å². The fourth-order valence-corrected chi connectivity index (χ4v) is 4.50. The van der Waals surface area contributed by atoms with Gasteiger partial charge in [-0.2, -0.15) is 5.26 Å². The van der Waals surface area contributed by atoms with Crippen LogP contribution in [0.1, 0.15) is 39.0 Å². The minimum atomic E-state index is -3.59. The number of amides is 1. The Hall–Kier alpha value is -2.31. The van der Waals surface area contributed by atoms with Crippen LogP contribution >= 0.6 is 0 Å². The van der Waals surface area contributed by atoms with Crippen molar-refractivity contribution < 1.29 is 13.2 Å². The number of carbonyl (C=O) groups is 1. The van der Waals surface area contributed by atoms with Crippen molar-refractivity contribution in [2.75, 3.05) is 44.9 Å². The smallest absolute Gasteiger partial charge is 0.242 e. The quantitative estimate of drug-likeness (QED) is 0.668. The molecule has 29 heavy (non-hydrogen) atoms. The molecule has 8 nitrogen and oxygen atoms in total. The van der Waals surface area contributed by atoms with Crippen LogP contribution < -0.4 is 10.6 Å². The van der Waals surface area contributed by atoms with E-state index in [0.29, 0.717) is 30.8 Å². The molecule has 0 spiro atoms. The topological polar surface area (TPSA) is 106 Å². The predicted octanol–water partition coefficient (Wildman–Crippen LogP) is 2.47. The molecule has 0 aromatic heterocycles. The number of hydrogen-bond acceptors (Lipinski definition) is 6. The number of anilines is 2. The summed E-state index contributed by atoms with van der Waals surface area (Å²) in [4.78, 5) is 14.5. The van der Waals surface area contributed by atoms with E-state index < -0.39 is 15.6 Å². The zero-order chi connectivity index (χ0) is 21.7. The van der Waals surface area contributed by atoms with E-state index in [2.05, 4.69) is 16.7 Å². The second kappa shape index (κ2) is 9.46. The molecule has 1 aliphatic carbocycles. The molecule has 160 valence electrons. The van der Waals surface area contributed by atoms with Crippen LogP contribution in [0.2, 0.25) is 0 Å². The first kappa shape index (κ1) is 23.0. The van der Waals surface area contributed by atoms with Crippen LogP contribution in [0.25, 0.3) is 0 Å². The lowest BCUT2D eigenvalue weighted by molar-refractivity contribution is -0.132. The minimum absolute atomic E-state index is 0.0240. The molecule has 1 aliphatic rings. The van der Waals surface area contributed by atoms with E-state index in [4.69, 9.17) is 0 Å². The molecular weight excluding hydrogens is 390 g/mol. The summed E-state index contributed by atoms with van der Waals surface area (Å²) in [6.45, 7) is 2.57. The fraction of sp³-hybridized carbons (Fsp3) is 0.600. The molecule has 1 fully saturated rings. The standard InChI is InChI=1S/C20H31N5O3S/c1-5-22-17-10-9-16(29(27,28)24(2)3)13-18(17)23-14-19(26)25(4)20(15-21)11-7-6-8-12-20/h9-10,13,22-23H,5-8,11-12,14H2,1-4H3. The van der Waals surface area contributed by atoms with Gasteiger partial charge in [0.05, 0.1) is 28.9 Å². The van der Waals surface area contributed by atoms with E-state index >= 15 is 0 Å². The molecule has 0 atom stereocenters. The number of likely N-dealkylation sites (N-methyl/N-ethyl adjacent to an activating group) is 1. The van der Waals surface area contributed by atoms with Crippen LogP contribution in [0.4, 0.5) is 11.4 Å². The first-order valence-electron chi connectivity index (χ1n) is 9.90. The Balaban J connectivity index is 2.21. The molecule has 1 aromatic rings. The Kier molecular flexibility index (Phi) is 7.49. The number of hydrogen-bond donors (Lipinski definition) is 2. The van der Waals surface area contributed by atoms with Crippen molar-refractivity contribution in [3.05, 3.63) is 18.2 Å². The summed E-state index contributed by atoms with van der Waals surface area (Å²) in [6.07, 6.45) is 4.33. The van der Waals surface area contributed by atoms with Crippen molar-refractivity contribution in [1.82, 2.24) is 9.21 Å². The molecule has 1 aromatic carbocycles. The second-order valence-electron chi connectivity index (χ2n) is 7.54. The third-order valence-electron chi connectivity index (χ3n) is 5.47. The van der Waals surface area contributed by atoms with Crippen molar-refractivity contribution in [2.24, 2.45) is 0 Å². The lowest BCUT2D eigenvalue weighted by Crippen LogP contribution is -2.51. The summed E-state index contributed by atoms with van der Waals surface area (Å²) in [5, 5.41) is 15.9. The Morgan fingerprint density at radius 1 is 1.14 bits per heavy atom. The van der Waals surface area contributed by atoms with Crippen molar-refractivity contribution in [3.63, 3.8) is 0 Å². The summed E-state index contributed by atoms with van der Waals surface area (Å²) in [5.41, 5.74) is 0.497. The van der Waals surface area contributed by atoms with Gasteiger partial charge in [-0.15, -0.1) is 0 Å². The average Bonchev–Trinajstić information content (AvgIpc) is 2.72. The van der Waals surface area contributed by atoms with Gasteiger partial charge in [0.2, 0.25) is 15.9 Å². The molecule has 1 saturated carbocycles. The van der Waals surface area contributed by atoms with Gasteiger partial charge < -0.3 is 15.5 Å². The Bertz CT molecular complexity index is 871. The lowest BCUT2D eigenvalue weighted by atomic mass is 9.81. The van der Waals surface area contributed by atoms with E-state index in [1.54, 1.807) is 24.1 Å². The molecule has 2 rings (SSSR count). The third-order valence-corrected chi connectivity index (χ3v) is 7.28. The number of benzene rings is 1. The molecule has 0 heterocycles. The van der Waals surface area contributed by atoms with Gasteiger partial charge in [-0.1, -0.05) is 19.3 Å². The molecule has 0 unspecified atom stereocenters. The van der Waals surface area contributed by atoms with Gasteiger partial charge in [0.15, 0.2) is 0 Å². The summed E-state index contributed by atoms with van der Waals surface area (Å²) in [7, 11) is 1.04. The van der Waals surface area contributed by atoms with Crippen molar-refractivity contribution in [1.29, 1.82) is 5.26 Å². The van der Waals surface area contributed by atoms with E-state index in [1.807, 2.05) is 6.92 Å². The maximum absolute atomic E-state index is 12.8. The molecule has 9 heteroatoms. The van der Waals surface area contributed by atoms with Gasteiger partial charge in [-0.3, -0.25) is 4.79 Å². The number of nitrogens with one attached hydrogen (secondary N) is 2. The summed E-state index contributed by atoms with van der Waals surface area (Å²) in [6, 6.07) is 7.11. The number of sulfonamides is 1. The Morgan fingerprint density at radius 3 is 2.34 bits per heavy atom. The van der Waals surface area contributed by atoms with Crippen LogP contribution in [0.5, 0.6) is 0 Å². The highest BCUT2D eigenvalue weighted by Gasteiger charge is 2.38. The van der Waals surface area contributed by atoms with Crippen LogP contribution in [0.3, 0.4) is 0 Å². The highest BCUT2D eigenvalue weighted by atomic mass is 32.2. The molecule has 0 radical (unpaired) electrons. The molecule has 0 saturated heterocycles. The average molecular weight is 422 g/mol. The maximum atomic E-state index is 12.8. The number of nitriles is 1. The number of carbonyl (C=O) groups excluding carboxylic acids is 1. The third kappa shape index (κ3) is 5.00. The molecular formula is C20H31N5O3S. The van der Waals surface area contributed by atoms with Crippen LogP contribution in [-0.4, -0.2) is 63.3 Å². The molecule has 1 amide bonds. The van der Waals surface area contributed by atoms with Crippen LogP contribution in [0, 0.1) is 11.3 Å². The van der Waals surface area contributed by atoms with Crippen LogP contribution in [-0.2, 0) is 14.8 Å². The number of rotatable bonds is 8. The van der Waals surface area contributed by atoms with Gasteiger partial charge in [0.25, 0.3) is 0 Å². The van der Waals surface area contributed by atoms with Gasteiger partial charge in [-0.05, 0) is 38.0 Å². The van der Waals surface area contributed by atoms with E-state index in [-0.39, 0.29) is 17.3 Å². The van der Waals surface area contributed by atoms with Gasteiger partial charge in [0, 0.05) is 27.7 Å². The molecule has 0 aliphatic heterocycles. The van der Waals surface area contributed by atoms with Gasteiger partial charge in [-0.25, -0.2) is 12.7 Å². The summed E-state index contributed by atoms with van der Waals surface area (Å²) >= 11 is 0. The first-order valence-corrected chi connectivity index (χ1v) is 11.3. The zero-order valence-electron chi connectivity index (χ0n) is 17.7. The predicted molar refractivity (Wildman–Crippen MR) is 114 cm³/mol. The highest BCUT2D eigenvalue weighted by molar-refractivity contribution is 7.89. The SMILES string of the molecule is CCNc1ccc(S(=O)(=O)N(C)C)cc1NCC(=O)N(C)C1(C#N)CCCCC1. The van der Waals surface area contributed by atoms with Gasteiger partial charge in [0.1, 0.15) is 5.54 Å². The normalized spacial score (nSPS) is 16.1. The zero-order valence-corrected chi connectivity index (χ0v) is 18.5. The maximum Gasteiger partial charge on any atom is 0.242 e. The lowest BCUT2D eigenvalue weighted by Gasteiger charge is -2.39. The highest BCUT2D eigenvalue weighted by Crippen LogP contribution is 2.33. The largest absolute Gasteiger partial charge is 0.384 e.